The third kappa shape index (κ3) is 7.30. The standard InChI is InChI=1S/C49H51NOS/c1-4-6-8-12-32-49(33-13-9-7-5-2)46-15-11-10-14-44(46)45-30-22-39(34-47(45)49)37-18-25-41(26-19-37)50(40-23-16-36(3)17-24-40)42-27-20-38(21-28-42)48-31-29-43(35-51)52-48/h10-11,14-31,34-35H,4-9,12-13,32-33H2,1-3H3. The van der Waals surface area contributed by atoms with Crippen molar-refractivity contribution >= 4 is 34.7 Å². The highest BCUT2D eigenvalue weighted by molar-refractivity contribution is 7.17. The normalized spacial score (nSPS) is 12.8. The molecule has 52 heavy (non-hydrogen) atoms. The van der Waals surface area contributed by atoms with Crippen LogP contribution < -0.4 is 4.90 Å². The van der Waals surface area contributed by atoms with Crippen LogP contribution in [-0.2, 0) is 5.41 Å². The van der Waals surface area contributed by atoms with Crippen LogP contribution in [0.3, 0.4) is 0 Å². The van der Waals surface area contributed by atoms with Gasteiger partial charge in [-0.1, -0.05) is 144 Å². The van der Waals surface area contributed by atoms with Crippen molar-refractivity contribution in [3.63, 3.8) is 0 Å². The minimum atomic E-state index is 0.0791. The molecule has 0 spiro atoms. The molecule has 2 nitrogen and oxygen atoms in total. The van der Waals surface area contributed by atoms with E-state index in [0.717, 1.165) is 38.7 Å². The molecule has 0 unspecified atom stereocenters. The quantitative estimate of drug-likeness (QED) is 0.0739. The summed E-state index contributed by atoms with van der Waals surface area (Å²) in [5, 5.41) is 0. The van der Waals surface area contributed by atoms with Crippen LogP contribution in [0.1, 0.15) is 104 Å². The van der Waals surface area contributed by atoms with E-state index < -0.39 is 0 Å². The van der Waals surface area contributed by atoms with Gasteiger partial charge in [-0.2, -0.15) is 0 Å². The molecule has 1 aliphatic rings. The number of carbonyl (C=O) groups excluding carboxylic acids is 1. The first-order valence-corrected chi connectivity index (χ1v) is 20.2. The summed E-state index contributed by atoms with van der Waals surface area (Å²) in [6, 6.07) is 47.0. The summed E-state index contributed by atoms with van der Waals surface area (Å²) < 4.78 is 0. The maximum Gasteiger partial charge on any atom is 0.160 e. The largest absolute Gasteiger partial charge is 0.311 e. The Morgan fingerprint density at radius 2 is 1.12 bits per heavy atom. The third-order valence-corrected chi connectivity index (χ3v) is 12.1. The number of carbonyl (C=O) groups is 1. The highest BCUT2D eigenvalue weighted by Crippen LogP contribution is 2.55. The molecule has 0 amide bonds. The van der Waals surface area contributed by atoms with E-state index in [4.69, 9.17) is 0 Å². The molecule has 0 aliphatic heterocycles. The number of hydrogen-bond acceptors (Lipinski definition) is 3. The van der Waals surface area contributed by atoms with Crippen LogP contribution in [0.2, 0.25) is 0 Å². The van der Waals surface area contributed by atoms with E-state index in [1.54, 1.807) is 5.56 Å². The van der Waals surface area contributed by atoms with Crippen molar-refractivity contribution in [3.8, 4) is 32.7 Å². The van der Waals surface area contributed by atoms with Crippen LogP contribution in [0.25, 0.3) is 32.7 Å². The maximum atomic E-state index is 11.3. The topological polar surface area (TPSA) is 20.3 Å². The van der Waals surface area contributed by atoms with E-state index in [-0.39, 0.29) is 5.41 Å². The SMILES string of the molecule is CCCCCCC1(CCCCCC)c2ccccc2-c2ccc(-c3ccc(N(c4ccc(C)cc4)c4ccc(-c5ccc(C=O)s5)cc4)cc3)cc21. The van der Waals surface area contributed by atoms with Crippen LogP contribution in [0.15, 0.2) is 127 Å². The Balaban J connectivity index is 1.23. The van der Waals surface area contributed by atoms with Crippen LogP contribution in [0.5, 0.6) is 0 Å². The molecule has 5 aromatic carbocycles. The van der Waals surface area contributed by atoms with E-state index >= 15 is 0 Å². The van der Waals surface area contributed by atoms with Gasteiger partial charge in [0, 0.05) is 27.4 Å². The first-order valence-electron chi connectivity index (χ1n) is 19.4. The van der Waals surface area contributed by atoms with E-state index in [1.165, 1.54) is 109 Å². The van der Waals surface area contributed by atoms with Crippen LogP contribution in [0.4, 0.5) is 17.1 Å². The Hall–Kier alpha value is -4.73. The van der Waals surface area contributed by atoms with E-state index in [0.29, 0.717) is 0 Å². The van der Waals surface area contributed by atoms with Crippen molar-refractivity contribution in [3.05, 3.63) is 149 Å². The summed E-state index contributed by atoms with van der Waals surface area (Å²) in [4.78, 5) is 15.5. The molecule has 0 bridgehead atoms. The Morgan fingerprint density at radius 3 is 1.71 bits per heavy atom. The van der Waals surface area contributed by atoms with Gasteiger partial charge in [-0.3, -0.25) is 4.79 Å². The fourth-order valence-electron chi connectivity index (χ4n) is 8.30. The van der Waals surface area contributed by atoms with Crippen molar-refractivity contribution in [1.29, 1.82) is 0 Å². The Kier molecular flexibility index (Phi) is 11.2. The lowest BCUT2D eigenvalue weighted by Gasteiger charge is -2.33. The minimum absolute atomic E-state index is 0.0791. The van der Waals surface area contributed by atoms with E-state index in [9.17, 15) is 4.79 Å². The summed E-state index contributed by atoms with van der Waals surface area (Å²) in [7, 11) is 0. The van der Waals surface area contributed by atoms with Crippen molar-refractivity contribution in [1.82, 2.24) is 0 Å². The fraction of sp³-hybridized carbons (Fsp3) is 0.286. The van der Waals surface area contributed by atoms with E-state index in [1.807, 2.05) is 12.1 Å². The average molecular weight is 702 g/mol. The van der Waals surface area contributed by atoms with Gasteiger partial charge in [0.1, 0.15) is 0 Å². The van der Waals surface area contributed by atoms with Crippen molar-refractivity contribution < 1.29 is 4.79 Å². The molecular formula is C49H51NOS. The number of hydrogen-bond donors (Lipinski definition) is 0. The molecule has 3 heteroatoms. The smallest absolute Gasteiger partial charge is 0.160 e. The summed E-state index contributed by atoms with van der Waals surface area (Å²) in [6.45, 7) is 6.75. The first-order chi connectivity index (χ1) is 25.5. The predicted octanol–water partition coefficient (Wildman–Crippen LogP) is 14.9. The number of aldehydes is 1. The third-order valence-electron chi connectivity index (χ3n) is 11.1. The Bertz CT molecular complexity index is 2080. The van der Waals surface area contributed by atoms with Gasteiger partial charge in [-0.15, -0.1) is 11.3 Å². The zero-order valence-corrected chi connectivity index (χ0v) is 31.9. The number of fused-ring (bicyclic) bond motifs is 3. The highest BCUT2D eigenvalue weighted by atomic mass is 32.1. The van der Waals surface area contributed by atoms with Crippen LogP contribution in [0, 0.1) is 6.92 Å². The zero-order chi connectivity index (χ0) is 35.9. The van der Waals surface area contributed by atoms with Crippen LogP contribution in [-0.4, -0.2) is 6.29 Å². The van der Waals surface area contributed by atoms with Gasteiger partial charge in [0.15, 0.2) is 6.29 Å². The number of thiophene rings is 1. The van der Waals surface area contributed by atoms with E-state index in [2.05, 4.69) is 141 Å². The molecule has 1 aliphatic carbocycles. The van der Waals surface area contributed by atoms with Gasteiger partial charge in [0.25, 0.3) is 0 Å². The molecule has 0 fully saturated rings. The number of aryl methyl sites for hydroxylation is 1. The molecule has 1 heterocycles. The van der Waals surface area contributed by atoms with Gasteiger partial charge >= 0.3 is 0 Å². The van der Waals surface area contributed by atoms with Gasteiger partial charge in [0.2, 0.25) is 0 Å². The molecule has 264 valence electrons. The molecule has 0 N–H and O–H groups in total. The molecule has 0 radical (unpaired) electrons. The number of benzene rings is 5. The molecule has 6 aromatic rings. The molecule has 7 rings (SSSR count). The summed E-state index contributed by atoms with van der Waals surface area (Å²) in [5.74, 6) is 0. The predicted molar refractivity (Wildman–Crippen MR) is 224 cm³/mol. The molecule has 0 saturated heterocycles. The molecule has 1 aromatic heterocycles. The Morgan fingerprint density at radius 1 is 0.558 bits per heavy atom. The van der Waals surface area contributed by atoms with Gasteiger partial charge in [-0.05, 0) is 113 Å². The lowest BCUT2D eigenvalue weighted by atomic mass is 9.70. The lowest BCUT2D eigenvalue weighted by molar-refractivity contribution is 0.112. The number of rotatable bonds is 16. The summed E-state index contributed by atoms with van der Waals surface area (Å²) in [6.07, 6.45) is 13.7. The van der Waals surface area contributed by atoms with Crippen LogP contribution >= 0.6 is 11.3 Å². The first kappa shape index (κ1) is 35.7. The second kappa shape index (κ2) is 16.3. The minimum Gasteiger partial charge on any atom is -0.311 e. The van der Waals surface area contributed by atoms with Gasteiger partial charge in [-0.25, -0.2) is 0 Å². The average Bonchev–Trinajstić information content (AvgIpc) is 3.78. The maximum absolute atomic E-state index is 11.3. The highest BCUT2D eigenvalue weighted by Gasteiger charge is 2.42. The van der Waals surface area contributed by atoms with Crippen molar-refractivity contribution in [2.45, 2.75) is 90.4 Å². The summed E-state index contributed by atoms with van der Waals surface area (Å²) in [5.41, 5.74) is 14.3. The number of anilines is 3. The van der Waals surface area contributed by atoms with Gasteiger partial charge in [0.05, 0.1) is 4.88 Å². The number of nitrogens with zero attached hydrogens (tertiary/aromatic N) is 1. The lowest BCUT2D eigenvalue weighted by Crippen LogP contribution is -2.25. The van der Waals surface area contributed by atoms with Gasteiger partial charge < -0.3 is 4.90 Å². The molecular weight excluding hydrogens is 651 g/mol. The number of unbranched alkanes of at least 4 members (excludes halogenated alkanes) is 6. The van der Waals surface area contributed by atoms with Crippen molar-refractivity contribution in [2.24, 2.45) is 0 Å². The Labute approximate surface area is 315 Å². The zero-order valence-electron chi connectivity index (χ0n) is 31.0. The second-order valence-corrected chi connectivity index (χ2v) is 15.7. The monoisotopic (exact) mass is 701 g/mol. The molecule has 0 atom stereocenters. The van der Waals surface area contributed by atoms with Crippen molar-refractivity contribution in [2.75, 3.05) is 4.90 Å². The molecule has 0 saturated carbocycles. The second-order valence-electron chi connectivity index (χ2n) is 14.6. The fourth-order valence-corrected chi connectivity index (χ4v) is 9.12. The summed E-state index contributed by atoms with van der Waals surface area (Å²) >= 11 is 1.53.